The van der Waals surface area contributed by atoms with Crippen molar-refractivity contribution in [3.8, 4) is 0 Å². The predicted octanol–water partition coefficient (Wildman–Crippen LogP) is 11.5. The van der Waals surface area contributed by atoms with Crippen LogP contribution in [0.15, 0.2) is 118 Å². The molecule has 0 bridgehead atoms. The Morgan fingerprint density at radius 2 is 0.924 bits per heavy atom. The lowest BCUT2D eigenvalue weighted by molar-refractivity contribution is -0.127. The molecule has 0 aromatic heterocycles. The number of anilines is 4. The topological polar surface area (TPSA) is 200 Å². The van der Waals surface area contributed by atoms with Crippen molar-refractivity contribution >= 4 is 116 Å². The van der Waals surface area contributed by atoms with Crippen molar-refractivity contribution in [2.24, 2.45) is 20.5 Å². The number of carbonyl (C=O) groups is 6. The Morgan fingerprint density at radius 3 is 1.27 bits per heavy atom. The Balaban J connectivity index is 1.29. The second-order valence-corrected chi connectivity index (χ2v) is 16.3. The standard InChI is InChI=1S/C48H46Cl4N8O6/c1-5-35-36(6-2)42(56-48(66)44(28(4)62)60-58-34-14-16-40(52)38(26-34)46(64)54-32-12-8-10-30(24-32)20-22-50)18-17-41(35)55-47(65)43(27(3)61)59-57-33-13-15-39(51)37(25-33)45(63)53-31-11-7-9-29(23-31)19-21-49/h7-18,23-26,43-44H,5-6,19-22H2,1-4H3,(H,53,63)(H,54,64)(H,55,65)(H,56,66). The first-order chi connectivity index (χ1) is 31.6. The van der Waals surface area contributed by atoms with Gasteiger partial charge in [-0.2, -0.15) is 20.5 Å². The van der Waals surface area contributed by atoms with Crippen LogP contribution in [-0.4, -0.2) is 59.0 Å². The van der Waals surface area contributed by atoms with E-state index in [2.05, 4.69) is 41.7 Å². The fourth-order valence-corrected chi connectivity index (χ4v) is 7.59. The molecule has 5 aromatic carbocycles. The molecule has 342 valence electrons. The Bertz CT molecular complexity index is 2530. The molecule has 18 heteroatoms. The Hall–Kier alpha value is -6.32. The van der Waals surface area contributed by atoms with Gasteiger partial charge in [-0.1, -0.05) is 61.3 Å². The van der Waals surface area contributed by atoms with E-state index < -0.39 is 47.3 Å². The van der Waals surface area contributed by atoms with E-state index in [1.807, 2.05) is 26.0 Å². The summed E-state index contributed by atoms with van der Waals surface area (Å²) >= 11 is 24.5. The van der Waals surface area contributed by atoms with Gasteiger partial charge >= 0.3 is 0 Å². The summed E-state index contributed by atoms with van der Waals surface area (Å²) in [5.74, 6) is -2.87. The van der Waals surface area contributed by atoms with Crippen LogP contribution in [0.5, 0.6) is 0 Å². The number of ketones is 2. The van der Waals surface area contributed by atoms with E-state index in [4.69, 9.17) is 46.4 Å². The molecule has 0 aliphatic rings. The molecule has 5 rings (SSSR count). The predicted molar refractivity (Wildman–Crippen MR) is 261 cm³/mol. The van der Waals surface area contributed by atoms with Gasteiger partial charge in [0.15, 0.2) is 11.6 Å². The van der Waals surface area contributed by atoms with Crippen molar-refractivity contribution in [1.82, 2.24) is 0 Å². The van der Waals surface area contributed by atoms with Crippen LogP contribution in [0.25, 0.3) is 0 Å². The number of aryl methyl sites for hydroxylation is 2. The van der Waals surface area contributed by atoms with Gasteiger partial charge in [-0.15, -0.1) is 23.2 Å². The normalized spacial score (nSPS) is 12.1. The van der Waals surface area contributed by atoms with Crippen LogP contribution in [0.1, 0.15) is 70.7 Å². The van der Waals surface area contributed by atoms with E-state index in [-0.39, 0.29) is 32.5 Å². The minimum atomic E-state index is -1.55. The molecule has 4 amide bonds. The third-order valence-electron chi connectivity index (χ3n) is 10.0. The molecule has 0 saturated heterocycles. The minimum absolute atomic E-state index is 0.0997. The van der Waals surface area contributed by atoms with Gasteiger partial charge in [-0.05, 0) is 135 Å². The molecule has 0 spiro atoms. The monoisotopic (exact) mass is 970 g/mol. The quantitative estimate of drug-likeness (QED) is 0.0340. The fraction of sp³-hybridized carbons (Fsp3) is 0.250. The second-order valence-electron chi connectivity index (χ2n) is 14.8. The molecule has 4 N–H and O–H groups in total. The number of rotatable bonds is 20. The van der Waals surface area contributed by atoms with Crippen molar-refractivity contribution in [2.45, 2.75) is 65.5 Å². The zero-order valence-electron chi connectivity index (χ0n) is 36.4. The minimum Gasteiger partial charge on any atom is -0.323 e. The van der Waals surface area contributed by atoms with Gasteiger partial charge in [0.2, 0.25) is 12.1 Å². The number of halogens is 4. The summed E-state index contributed by atoms with van der Waals surface area (Å²) < 4.78 is 0. The number of nitrogens with zero attached hydrogens (tertiary/aromatic N) is 4. The molecule has 0 aliphatic heterocycles. The molecule has 0 fully saturated rings. The smallest absolute Gasteiger partial charge is 0.258 e. The Kier molecular flexibility index (Phi) is 18.6. The molecule has 0 radical (unpaired) electrons. The highest BCUT2D eigenvalue weighted by Gasteiger charge is 2.27. The van der Waals surface area contributed by atoms with Crippen LogP contribution in [-0.2, 0) is 44.9 Å². The average molecular weight is 973 g/mol. The zero-order chi connectivity index (χ0) is 47.9. The molecule has 2 atom stereocenters. The third-order valence-corrected chi connectivity index (χ3v) is 11.1. The lowest BCUT2D eigenvalue weighted by Crippen LogP contribution is -2.33. The number of alkyl halides is 2. The highest BCUT2D eigenvalue weighted by molar-refractivity contribution is 6.35. The summed E-state index contributed by atoms with van der Waals surface area (Å²) in [5, 5.41) is 27.8. The van der Waals surface area contributed by atoms with Gasteiger partial charge in [-0.25, -0.2) is 0 Å². The van der Waals surface area contributed by atoms with Crippen LogP contribution in [0, 0.1) is 0 Å². The van der Waals surface area contributed by atoms with Crippen LogP contribution >= 0.6 is 46.4 Å². The lowest BCUT2D eigenvalue weighted by Gasteiger charge is -2.20. The molecular formula is C48H46Cl4N8O6. The molecule has 0 aliphatic carbocycles. The SMILES string of the molecule is CCc1c(NC(=O)C(N=Nc2ccc(Cl)c(C(=O)Nc3cccc(CCCl)c3)c2)C(C)=O)ccc(NC(=O)C(N=Nc2ccc(Cl)c(C(=O)Nc3cccc(CCCl)c3)c2)C(C)=O)c1CC. The van der Waals surface area contributed by atoms with E-state index in [0.29, 0.717) is 71.3 Å². The van der Waals surface area contributed by atoms with Gasteiger partial charge in [-0.3, -0.25) is 28.8 Å². The van der Waals surface area contributed by atoms with E-state index in [9.17, 15) is 28.8 Å². The summed E-state index contributed by atoms with van der Waals surface area (Å²) in [6.45, 7) is 6.12. The number of hydrogen-bond donors (Lipinski definition) is 4. The third kappa shape index (κ3) is 13.6. The largest absolute Gasteiger partial charge is 0.323 e. The van der Waals surface area contributed by atoms with Crippen LogP contribution in [0.3, 0.4) is 0 Å². The number of nitrogens with one attached hydrogen (secondary N) is 4. The summed E-state index contributed by atoms with van der Waals surface area (Å²) in [6.07, 6.45) is 2.06. The van der Waals surface area contributed by atoms with Crippen molar-refractivity contribution < 1.29 is 28.8 Å². The maximum Gasteiger partial charge on any atom is 0.258 e. The number of Topliss-reactive ketones (excluding diaryl/α,β-unsaturated/α-hetero) is 2. The first kappa shape index (κ1) is 50.7. The van der Waals surface area contributed by atoms with Gasteiger partial charge in [0.1, 0.15) is 0 Å². The maximum atomic E-state index is 13.6. The first-order valence-corrected chi connectivity index (χ1v) is 22.6. The molecule has 0 saturated carbocycles. The van der Waals surface area contributed by atoms with E-state index in [0.717, 1.165) is 11.1 Å². The van der Waals surface area contributed by atoms with Crippen molar-refractivity contribution in [3.05, 3.63) is 140 Å². The van der Waals surface area contributed by atoms with Gasteiger partial charge < -0.3 is 21.3 Å². The maximum absolute atomic E-state index is 13.6. The first-order valence-electron chi connectivity index (χ1n) is 20.8. The summed E-state index contributed by atoms with van der Waals surface area (Å²) in [6, 6.07) is 23.2. The molecule has 14 nitrogen and oxygen atoms in total. The second kappa shape index (κ2) is 24.3. The van der Waals surface area contributed by atoms with Gasteiger partial charge in [0.05, 0.1) is 32.5 Å². The summed E-state index contributed by atoms with van der Waals surface area (Å²) in [5.41, 5.74) is 5.58. The van der Waals surface area contributed by atoms with E-state index in [1.54, 1.807) is 48.5 Å². The number of carbonyl (C=O) groups excluding carboxylic acids is 6. The molecule has 66 heavy (non-hydrogen) atoms. The average Bonchev–Trinajstić information content (AvgIpc) is 3.28. The summed E-state index contributed by atoms with van der Waals surface area (Å²) in [7, 11) is 0. The molecule has 0 heterocycles. The Labute approximate surface area is 402 Å². The van der Waals surface area contributed by atoms with Crippen molar-refractivity contribution in [1.29, 1.82) is 0 Å². The summed E-state index contributed by atoms with van der Waals surface area (Å²) in [4.78, 5) is 79.1. The molecular weight excluding hydrogens is 926 g/mol. The number of amides is 4. The number of azo groups is 2. The Morgan fingerprint density at radius 1 is 0.530 bits per heavy atom. The number of benzene rings is 5. The highest BCUT2D eigenvalue weighted by atomic mass is 35.5. The van der Waals surface area contributed by atoms with E-state index in [1.165, 1.54) is 50.2 Å². The van der Waals surface area contributed by atoms with Gasteiger partial charge in [0, 0.05) is 34.5 Å². The number of hydrogen-bond acceptors (Lipinski definition) is 10. The van der Waals surface area contributed by atoms with Crippen molar-refractivity contribution in [3.63, 3.8) is 0 Å². The molecule has 5 aromatic rings. The highest BCUT2D eigenvalue weighted by Crippen LogP contribution is 2.31. The fourth-order valence-electron chi connectivity index (χ4n) is 6.75. The zero-order valence-corrected chi connectivity index (χ0v) is 39.4. The lowest BCUT2D eigenvalue weighted by atomic mass is 9.98. The molecule has 2 unspecified atom stereocenters. The van der Waals surface area contributed by atoms with Crippen LogP contribution in [0.2, 0.25) is 10.0 Å². The van der Waals surface area contributed by atoms with Gasteiger partial charge in [0.25, 0.3) is 23.6 Å². The van der Waals surface area contributed by atoms with Crippen molar-refractivity contribution in [2.75, 3.05) is 33.0 Å². The van der Waals surface area contributed by atoms with E-state index >= 15 is 0 Å². The van der Waals surface area contributed by atoms with Crippen LogP contribution < -0.4 is 21.3 Å². The van der Waals surface area contributed by atoms with Crippen LogP contribution in [0.4, 0.5) is 34.1 Å².